The van der Waals surface area contributed by atoms with Gasteiger partial charge in [0.15, 0.2) is 11.6 Å². The SMILES string of the molecule is COc1ccc(F)c(N2C[C@H]3COC[C@@]3(c3nnc(C)o3)C2)n1. The molecule has 2 fully saturated rings. The number of halogens is 1. The number of hydrogen-bond donors (Lipinski definition) is 0. The largest absolute Gasteiger partial charge is 0.481 e. The van der Waals surface area contributed by atoms with E-state index in [1.54, 1.807) is 6.92 Å². The van der Waals surface area contributed by atoms with Crippen molar-refractivity contribution in [1.82, 2.24) is 15.2 Å². The first-order valence-corrected chi connectivity index (χ1v) is 7.46. The molecule has 4 heterocycles. The van der Waals surface area contributed by atoms with Gasteiger partial charge in [0.1, 0.15) is 0 Å². The summed E-state index contributed by atoms with van der Waals surface area (Å²) in [4.78, 5) is 6.16. The van der Waals surface area contributed by atoms with Crippen LogP contribution in [-0.4, -0.2) is 48.6 Å². The van der Waals surface area contributed by atoms with Crippen LogP contribution in [0.4, 0.5) is 10.2 Å². The molecular formula is C15H17FN4O3. The Labute approximate surface area is 132 Å². The van der Waals surface area contributed by atoms with Gasteiger partial charge in [-0.15, -0.1) is 10.2 Å². The summed E-state index contributed by atoms with van der Waals surface area (Å²) in [5.74, 6) is 1.54. The van der Waals surface area contributed by atoms with Crippen LogP contribution in [0.1, 0.15) is 11.8 Å². The van der Waals surface area contributed by atoms with E-state index in [4.69, 9.17) is 13.9 Å². The second kappa shape index (κ2) is 5.16. The predicted molar refractivity (Wildman–Crippen MR) is 78.0 cm³/mol. The molecule has 0 amide bonds. The second-order valence-corrected chi connectivity index (χ2v) is 6.03. The molecule has 0 aliphatic carbocycles. The third kappa shape index (κ3) is 2.16. The highest BCUT2D eigenvalue weighted by atomic mass is 19.1. The van der Waals surface area contributed by atoms with E-state index in [1.165, 1.54) is 19.2 Å². The topological polar surface area (TPSA) is 73.5 Å². The first-order chi connectivity index (χ1) is 11.1. The average molecular weight is 320 g/mol. The smallest absolute Gasteiger partial charge is 0.227 e. The van der Waals surface area contributed by atoms with Crippen LogP contribution >= 0.6 is 0 Å². The van der Waals surface area contributed by atoms with Gasteiger partial charge in [-0.05, 0) is 6.07 Å². The number of aryl methyl sites for hydroxylation is 1. The molecular weight excluding hydrogens is 303 g/mol. The Balaban J connectivity index is 1.70. The fraction of sp³-hybridized carbons (Fsp3) is 0.533. The number of nitrogens with zero attached hydrogens (tertiary/aromatic N) is 4. The molecule has 4 rings (SSSR count). The lowest BCUT2D eigenvalue weighted by Gasteiger charge is -2.23. The fourth-order valence-electron chi connectivity index (χ4n) is 3.45. The van der Waals surface area contributed by atoms with E-state index in [2.05, 4.69) is 15.2 Å². The van der Waals surface area contributed by atoms with E-state index in [1.807, 2.05) is 4.90 Å². The molecule has 0 saturated carbocycles. The van der Waals surface area contributed by atoms with Crippen molar-refractivity contribution in [2.24, 2.45) is 5.92 Å². The monoisotopic (exact) mass is 320 g/mol. The molecule has 122 valence electrons. The van der Waals surface area contributed by atoms with Gasteiger partial charge in [-0.2, -0.15) is 4.98 Å². The minimum Gasteiger partial charge on any atom is -0.481 e. The molecule has 0 unspecified atom stereocenters. The lowest BCUT2D eigenvalue weighted by Crippen LogP contribution is -2.36. The van der Waals surface area contributed by atoms with Crippen LogP contribution in [-0.2, 0) is 10.2 Å². The van der Waals surface area contributed by atoms with Gasteiger partial charge in [0.2, 0.25) is 17.7 Å². The molecule has 2 atom stereocenters. The van der Waals surface area contributed by atoms with Gasteiger partial charge in [0, 0.05) is 32.0 Å². The maximum absolute atomic E-state index is 14.2. The van der Waals surface area contributed by atoms with Crippen LogP contribution in [0, 0.1) is 18.7 Å². The second-order valence-electron chi connectivity index (χ2n) is 6.03. The van der Waals surface area contributed by atoms with Crippen molar-refractivity contribution in [2.75, 3.05) is 38.3 Å². The number of pyridine rings is 1. The van der Waals surface area contributed by atoms with Gasteiger partial charge in [0.05, 0.1) is 25.7 Å². The van der Waals surface area contributed by atoms with Crippen LogP contribution in [0.5, 0.6) is 5.88 Å². The maximum Gasteiger partial charge on any atom is 0.227 e. The molecule has 0 spiro atoms. The van der Waals surface area contributed by atoms with Crippen molar-refractivity contribution in [2.45, 2.75) is 12.3 Å². The molecule has 0 radical (unpaired) electrons. The Morgan fingerprint density at radius 1 is 1.39 bits per heavy atom. The lowest BCUT2D eigenvalue weighted by atomic mass is 9.81. The maximum atomic E-state index is 14.2. The lowest BCUT2D eigenvalue weighted by molar-refractivity contribution is 0.166. The van der Waals surface area contributed by atoms with E-state index in [9.17, 15) is 4.39 Å². The molecule has 0 bridgehead atoms. The highest BCUT2D eigenvalue weighted by Crippen LogP contribution is 2.44. The summed E-state index contributed by atoms with van der Waals surface area (Å²) in [6, 6.07) is 2.88. The third-order valence-corrected chi connectivity index (χ3v) is 4.64. The van der Waals surface area contributed by atoms with E-state index in [0.717, 1.165) is 0 Å². The van der Waals surface area contributed by atoms with Crippen molar-refractivity contribution in [1.29, 1.82) is 0 Å². The Morgan fingerprint density at radius 2 is 2.26 bits per heavy atom. The minimum atomic E-state index is -0.404. The van der Waals surface area contributed by atoms with Gasteiger partial charge < -0.3 is 18.8 Å². The van der Waals surface area contributed by atoms with E-state index in [0.29, 0.717) is 44.0 Å². The number of aromatic nitrogens is 3. The standard InChI is InChI=1S/C15H17FN4O3/c1-9-18-19-14(23-9)15-7-20(5-10(15)6-22-8-15)13-11(16)3-4-12(17-13)21-2/h3-4,10H,5-8H2,1-2H3/t10-,15-/m0/s1. The molecule has 0 aromatic carbocycles. The third-order valence-electron chi connectivity index (χ3n) is 4.64. The zero-order valence-corrected chi connectivity index (χ0v) is 13.0. The first-order valence-electron chi connectivity index (χ1n) is 7.46. The van der Waals surface area contributed by atoms with Crippen molar-refractivity contribution in [3.05, 3.63) is 29.7 Å². The molecule has 23 heavy (non-hydrogen) atoms. The summed E-state index contributed by atoms with van der Waals surface area (Å²) in [5.41, 5.74) is -0.404. The number of ether oxygens (including phenoxy) is 2. The summed E-state index contributed by atoms with van der Waals surface area (Å²) in [6.45, 7) is 3.98. The van der Waals surface area contributed by atoms with Gasteiger partial charge in [-0.3, -0.25) is 0 Å². The Bertz CT molecular complexity index is 737. The molecule has 2 saturated heterocycles. The average Bonchev–Trinajstić information content (AvgIpc) is 3.21. The normalized spacial score (nSPS) is 26.6. The number of anilines is 1. The Morgan fingerprint density at radius 3 is 3.00 bits per heavy atom. The van der Waals surface area contributed by atoms with Crippen LogP contribution in [0.25, 0.3) is 0 Å². The zero-order chi connectivity index (χ0) is 16.0. The van der Waals surface area contributed by atoms with Crippen molar-refractivity contribution in [3.63, 3.8) is 0 Å². The van der Waals surface area contributed by atoms with Crippen molar-refractivity contribution >= 4 is 5.82 Å². The van der Waals surface area contributed by atoms with E-state index < -0.39 is 5.41 Å². The number of methoxy groups -OCH3 is 1. The summed E-state index contributed by atoms with van der Waals surface area (Å²) in [7, 11) is 1.51. The summed E-state index contributed by atoms with van der Waals surface area (Å²) < 4.78 is 30.6. The minimum absolute atomic E-state index is 0.162. The highest BCUT2D eigenvalue weighted by molar-refractivity contribution is 5.46. The van der Waals surface area contributed by atoms with Gasteiger partial charge in [-0.1, -0.05) is 0 Å². The fourth-order valence-corrected chi connectivity index (χ4v) is 3.45. The Hall–Kier alpha value is -2.22. The molecule has 2 aliphatic heterocycles. The molecule has 7 nitrogen and oxygen atoms in total. The quantitative estimate of drug-likeness (QED) is 0.844. The molecule has 0 N–H and O–H groups in total. The predicted octanol–water partition coefficient (Wildman–Crippen LogP) is 1.33. The van der Waals surface area contributed by atoms with Crippen LogP contribution in [0.2, 0.25) is 0 Å². The first kappa shape index (κ1) is 14.4. The molecule has 2 aromatic heterocycles. The number of fused-ring (bicyclic) bond motifs is 1. The van der Waals surface area contributed by atoms with Crippen molar-refractivity contribution in [3.8, 4) is 5.88 Å². The summed E-state index contributed by atoms with van der Waals surface area (Å²) in [6.07, 6.45) is 0. The molecule has 2 aromatic rings. The number of rotatable bonds is 3. The van der Waals surface area contributed by atoms with E-state index >= 15 is 0 Å². The number of hydrogen-bond acceptors (Lipinski definition) is 7. The summed E-state index contributed by atoms with van der Waals surface area (Å²) >= 11 is 0. The van der Waals surface area contributed by atoms with Crippen LogP contribution < -0.4 is 9.64 Å². The van der Waals surface area contributed by atoms with Crippen LogP contribution in [0.15, 0.2) is 16.5 Å². The summed E-state index contributed by atoms with van der Waals surface area (Å²) in [5, 5.41) is 8.11. The highest BCUT2D eigenvalue weighted by Gasteiger charge is 2.56. The van der Waals surface area contributed by atoms with Crippen LogP contribution in [0.3, 0.4) is 0 Å². The van der Waals surface area contributed by atoms with Gasteiger partial charge >= 0.3 is 0 Å². The van der Waals surface area contributed by atoms with E-state index in [-0.39, 0.29) is 17.6 Å². The molecule has 8 heteroatoms. The van der Waals surface area contributed by atoms with Gasteiger partial charge in [0.25, 0.3) is 0 Å². The van der Waals surface area contributed by atoms with Crippen molar-refractivity contribution < 1.29 is 18.3 Å². The zero-order valence-electron chi connectivity index (χ0n) is 13.0. The Kier molecular flexibility index (Phi) is 3.22. The van der Waals surface area contributed by atoms with Gasteiger partial charge in [-0.25, -0.2) is 4.39 Å². The molecule has 2 aliphatic rings.